The second kappa shape index (κ2) is 10.6. The van der Waals surface area contributed by atoms with E-state index in [-0.39, 0.29) is 29.9 Å². The van der Waals surface area contributed by atoms with Gasteiger partial charge in [-0.1, -0.05) is 121 Å². The van der Waals surface area contributed by atoms with Crippen molar-refractivity contribution in [2.24, 2.45) is 0 Å². The molecule has 10 rings (SSSR count). The van der Waals surface area contributed by atoms with Crippen LogP contribution in [0.4, 0.5) is 17.1 Å². The van der Waals surface area contributed by atoms with Crippen molar-refractivity contribution < 1.29 is 6.85 Å². The Morgan fingerprint density at radius 1 is 0.438 bits per heavy atom. The molecule has 0 bridgehead atoms. The molecule has 0 aliphatic carbocycles. The molecule has 0 aliphatic heterocycles. The monoisotopic (exact) mass is 615 g/mol. The van der Waals surface area contributed by atoms with Crippen molar-refractivity contribution in [3.05, 3.63) is 182 Å². The van der Waals surface area contributed by atoms with Crippen LogP contribution in [0.15, 0.2) is 182 Å². The van der Waals surface area contributed by atoms with Gasteiger partial charge in [0.1, 0.15) is 0 Å². The van der Waals surface area contributed by atoms with Gasteiger partial charge < -0.3 is 9.47 Å². The highest BCUT2D eigenvalue weighted by Crippen LogP contribution is 2.45. The van der Waals surface area contributed by atoms with Crippen LogP contribution in [0.2, 0.25) is 0 Å². The van der Waals surface area contributed by atoms with Gasteiger partial charge in [-0.05, 0) is 104 Å². The van der Waals surface area contributed by atoms with Crippen molar-refractivity contribution in [2.75, 3.05) is 4.90 Å². The van der Waals surface area contributed by atoms with Gasteiger partial charge in [0, 0.05) is 33.5 Å². The van der Waals surface area contributed by atoms with Gasteiger partial charge in [0.25, 0.3) is 0 Å². The van der Waals surface area contributed by atoms with E-state index in [9.17, 15) is 0 Å². The Labute approximate surface area is 285 Å². The molecule has 0 radical (unpaired) electrons. The third-order valence-electron chi connectivity index (χ3n) is 9.59. The van der Waals surface area contributed by atoms with Crippen LogP contribution in [-0.2, 0) is 0 Å². The Kier molecular flexibility index (Phi) is 4.89. The zero-order chi connectivity index (χ0) is 36.0. The van der Waals surface area contributed by atoms with Gasteiger partial charge in [-0.25, -0.2) is 0 Å². The van der Waals surface area contributed by atoms with E-state index in [1.54, 1.807) is 0 Å². The first kappa shape index (κ1) is 22.2. The van der Waals surface area contributed by atoms with Gasteiger partial charge >= 0.3 is 0 Å². The summed E-state index contributed by atoms with van der Waals surface area (Å²) in [5, 5.41) is 8.67. The summed E-state index contributed by atoms with van der Waals surface area (Å²) in [5.41, 5.74) is 7.26. The Balaban J connectivity index is 1.19. The van der Waals surface area contributed by atoms with E-state index in [4.69, 9.17) is 6.85 Å². The predicted octanol–water partition coefficient (Wildman–Crippen LogP) is 12.8. The molecule has 0 amide bonds. The van der Waals surface area contributed by atoms with E-state index < -0.39 is 6.04 Å². The smallest absolute Gasteiger partial charge is 0.0645 e. The van der Waals surface area contributed by atoms with Crippen molar-refractivity contribution in [3.8, 4) is 16.8 Å². The summed E-state index contributed by atoms with van der Waals surface area (Å²) in [6.07, 6.45) is 0. The van der Waals surface area contributed by atoms with Gasteiger partial charge in [-0.3, -0.25) is 0 Å². The fourth-order valence-electron chi connectivity index (χ4n) is 7.57. The molecule has 9 aromatic carbocycles. The molecule has 0 atom stereocenters. The van der Waals surface area contributed by atoms with Crippen LogP contribution in [-0.4, -0.2) is 4.57 Å². The number of nitrogens with zero attached hydrogens (tertiary/aromatic N) is 2. The Morgan fingerprint density at radius 3 is 1.79 bits per heavy atom. The Bertz CT molecular complexity index is 2980. The Hall–Kier alpha value is -6.38. The molecule has 0 aliphatic rings. The lowest BCUT2D eigenvalue weighted by Crippen LogP contribution is -2.09. The van der Waals surface area contributed by atoms with Crippen LogP contribution in [0, 0.1) is 0 Å². The number of benzene rings is 9. The molecule has 0 saturated carbocycles. The molecule has 0 spiro atoms. The van der Waals surface area contributed by atoms with Crippen LogP contribution in [0.5, 0.6) is 0 Å². The summed E-state index contributed by atoms with van der Waals surface area (Å²) in [7, 11) is 0. The van der Waals surface area contributed by atoms with Gasteiger partial charge in [0.05, 0.1) is 17.9 Å². The molecule has 0 unspecified atom stereocenters. The third kappa shape index (κ3) is 4.00. The first-order chi connectivity index (χ1) is 25.9. The van der Waals surface area contributed by atoms with Crippen LogP contribution in [0.3, 0.4) is 0 Å². The van der Waals surface area contributed by atoms with Crippen LogP contribution in [0.25, 0.3) is 70.9 Å². The van der Waals surface area contributed by atoms with E-state index in [1.165, 1.54) is 5.39 Å². The summed E-state index contributed by atoms with van der Waals surface area (Å²) in [5.74, 6) is 0. The maximum absolute atomic E-state index is 8.86. The first-order valence-corrected chi connectivity index (χ1v) is 16.1. The fraction of sp³-hybridized carbons (Fsp3) is 0. The van der Waals surface area contributed by atoms with Crippen molar-refractivity contribution in [3.63, 3.8) is 0 Å². The summed E-state index contributed by atoms with van der Waals surface area (Å²) in [6, 6.07) is 51.2. The van der Waals surface area contributed by atoms with Crippen LogP contribution < -0.4 is 4.90 Å². The molecule has 0 saturated heterocycles. The first-order valence-electron chi connectivity index (χ1n) is 18.6. The molecular formula is C46H30N2. The molecule has 48 heavy (non-hydrogen) atoms. The lowest BCUT2D eigenvalue weighted by molar-refractivity contribution is 1.18. The highest BCUT2D eigenvalue weighted by atomic mass is 15.1. The average molecular weight is 616 g/mol. The predicted molar refractivity (Wildman–Crippen MR) is 205 cm³/mol. The van der Waals surface area contributed by atoms with Crippen LogP contribution >= 0.6 is 0 Å². The Morgan fingerprint density at radius 2 is 1.04 bits per heavy atom. The van der Waals surface area contributed by atoms with Gasteiger partial charge in [-0.2, -0.15) is 0 Å². The normalized spacial score (nSPS) is 13.2. The van der Waals surface area contributed by atoms with Crippen molar-refractivity contribution >= 4 is 71.2 Å². The number of aromatic nitrogens is 1. The topological polar surface area (TPSA) is 8.17 Å². The highest BCUT2D eigenvalue weighted by Gasteiger charge is 2.20. The molecule has 1 aromatic heterocycles. The lowest BCUT2D eigenvalue weighted by atomic mass is 9.88. The minimum atomic E-state index is -0.401. The van der Waals surface area contributed by atoms with Crippen molar-refractivity contribution in [1.29, 1.82) is 0 Å². The molecule has 0 fully saturated rings. The number of fused-ring (bicyclic) bond motifs is 4. The largest absolute Gasteiger partial charge is 0.311 e. The molecule has 224 valence electrons. The highest BCUT2D eigenvalue weighted by molar-refractivity contribution is 6.34. The van der Waals surface area contributed by atoms with Crippen LogP contribution in [0.1, 0.15) is 6.85 Å². The van der Waals surface area contributed by atoms with E-state index in [0.717, 1.165) is 76.9 Å². The number of para-hydroxylation sites is 4. The van der Waals surface area contributed by atoms with Gasteiger partial charge in [0.15, 0.2) is 0 Å². The van der Waals surface area contributed by atoms with E-state index >= 15 is 0 Å². The van der Waals surface area contributed by atoms with Gasteiger partial charge in [-0.15, -0.1) is 0 Å². The summed E-state index contributed by atoms with van der Waals surface area (Å²) >= 11 is 0. The zero-order valence-corrected chi connectivity index (χ0v) is 25.8. The fourth-order valence-corrected chi connectivity index (χ4v) is 7.57. The zero-order valence-electron chi connectivity index (χ0n) is 30.8. The van der Waals surface area contributed by atoms with Crippen molar-refractivity contribution in [1.82, 2.24) is 4.57 Å². The standard InChI is InChI=1S/C46H30N2/c1-4-12-34(13-5-1)47(35-14-6-2-7-15-35)37-25-20-31(21-26-37)38-27-22-32-23-29-41-45-33(24-28-39(38)44(32)45)30-43-46(41)40-18-10-11-19-42(40)48(43)36-16-8-3-9-17-36/h1-30H/i3D,8D,9D,16D,17D. The van der Waals surface area contributed by atoms with E-state index in [1.807, 2.05) is 34.9 Å². The number of hydrogen-bond donors (Lipinski definition) is 0. The maximum Gasteiger partial charge on any atom is 0.0645 e. The minimum Gasteiger partial charge on any atom is -0.311 e. The van der Waals surface area contributed by atoms with E-state index in [2.05, 4.69) is 126 Å². The van der Waals surface area contributed by atoms with Gasteiger partial charge in [0.2, 0.25) is 0 Å². The number of hydrogen-bond acceptors (Lipinski definition) is 1. The molecule has 2 heteroatoms. The molecule has 0 N–H and O–H groups in total. The minimum absolute atomic E-state index is 0.152. The SMILES string of the molecule is [2H]c1c([2H])c([2H])c(-n2c3ccccc3c3c4ccc5ccc(-c6ccc(N(c7ccccc7)c7ccccc7)cc6)c6ccc(cc32)c4c56)c([2H])c1[2H]. The third-order valence-corrected chi connectivity index (χ3v) is 9.59. The number of anilines is 3. The van der Waals surface area contributed by atoms with Crippen molar-refractivity contribution in [2.45, 2.75) is 0 Å². The summed E-state index contributed by atoms with van der Waals surface area (Å²) < 4.78 is 44.6. The molecule has 10 aromatic rings. The maximum atomic E-state index is 8.86. The average Bonchev–Trinajstić information content (AvgIpc) is 3.53. The second-order valence-electron chi connectivity index (χ2n) is 12.2. The summed E-state index contributed by atoms with van der Waals surface area (Å²) in [4.78, 5) is 2.26. The molecule has 2 nitrogen and oxygen atoms in total. The number of rotatable bonds is 5. The quantitative estimate of drug-likeness (QED) is 0.175. The van der Waals surface area contributed by atoms with E-state index in [0.29, 0.717) is 0 Å². The lowest BCUT2D eigenvalue weighted by Gasteiger charge is -2.25. The molecule has 1 heterocycles. The second-order valence-corrected chi connectivity index (χ2v) is 12.2. The summed E-state index contributed by atoms with van der Waals surface area (Å²) in [6.45, 7) is 0. The molecular weight excluding hydrogens is 581 g/mol.